The van der Waals surface area contributed by atoms with Crippen LogP contribution in [-0.4, -0.2) is 79.3 Å². The van der Waals surface area contributed by atoms with Crippen molar-refractivity contribution in [3.63, 3.8) is 0 Å². The third-order valence-corrected chi connectivity index (χ3v) is 9.70. The Morgan fingerprint density at radius 1 is 1.06 bits per heavy atom. The first-order valence-corrected chi connectivity index (χ1v) is 13.5. The SMILES string of the molecule is CC(C)(O)c1ccc(N2CCN(S(=O)(=O)c3cccs3)C[C@@H]2CN2CCC(O)CC2)cc1. The molecule has 1 aromatic heterocycles. The second-order valence-corrected chi connectivity index (χ2v) is 12.4. The molecule has 0 spiro atoms. The van der Waals surface area contributed by atoms with E-state index in [1.54, 1.807) is 35.7 Å². The first-order valence-electron chi connectivity index (χ1n) is 11.2. The largest absolute Gasteiger partial charge is 0.393 e. The van der Waals surface area contributed by atoms with Crippen LogP contribution in [0.3, 0.4) is 0 Å². The van der Waals surface area contributed by atoms with Gasteiger partial charge in [-0.15, -0.1) is 11.3 Å². The average molecular weight is 480 g/mol. The molecule has 2 aliphatic rings. The number of anilines is 1. The lowest BCUT2D eigenvalue weighted by atomic mass is 9.98. The minimum atomic E-state index is -3.50. The minimum Gasteiger partial charge on any atom is -0.393 e. The van der Waals surface area contributed by atoms with E-state index in [0.717, 1.165) is 43.7 Å². The topological polar surface area (TPSA) is 84.3 Å². The van der Waals surface area contributed by atoms with Gasteiger partial charge in [-0.2, -0.15) is 4.31 Å². The number of benzene rings is 1. The summed E-state index contributed by atoms with van der Waals surface area (Å²) in [4.78, 5) is 4.62. The summed E-state index contributed by atoms with van der Waals surface area (Å²) in [6.07, 6.45) is 1.27. The monoisotopic (exact) mass is 479 g/mol. The van der Waals surface area contributed by atoms with E-state index in [1.165, 1.54) is 11.3 Å². The van der Waals surface area contributed by atoms with Gasteiger partial charge < -0.3 is 20.0 Å². The Balaban J connectivity index is 1.56. The van der Waals surface area contributed by atoms with Crippen molar-refractivity contribution in [2.75, 3.05) is 44.2 Å². The number of hydrogen-bond donors (Lipinski definition) is 2. The van der Waals surface area contributed by atoms with Crippen molar-refractivity contribution in [1.82, 2.24) is 9.21 Å². The summed E-state index contributed by atoms with van der Waals surface area (Å²) < 4.78 is 28.3. The van der Waals surface area contributed by atoms with Gasteiger partial charge in [-0.3, -0.25) is 0 Å². The van der Waals surface area contributed by atoms with Crippen LogP contribution in [0, 0.1) is 0 Å². The minimum absolute atomic E-state index is 0.00159. The van der Waals surface area contributed by atoms with Crippen LogP contribution in [0.5, 0.6) is 0 Å². The van der Waals surface area contributed by atoms with Gasteiger partial charge in [-0.1, -0.05) is 18.2 Å². The van der Waals surface area contributed by atoms with Crippen molar-refractivity contribution >= 4 is 27.0 Å². The summed E-state index contributed by atoms with van der Waals surface area (Å²) in [6.45, 7) is 7.38. The first kappa shape index (κ1) is 23.7. The zero-order chi connectivity index (χ0) is 22.9. The van der Waals surface area contributed by atoms with Gasteiger partial charge in [-0.05, 0) is 55.8 Å². The van der Waals surface area contributed by atoms with E-state index in [1.807, 2.05) is 24.3 Å². The van der Waals surface area contributed by atoms with Gasteiger partial charge in [0.15, 0.2) is 0 Å². The van der Waals surface area contributed by atoms with Gasteiger partial charge in [0.25, 0.3) is 10.0 Å². The van der Waals surface area contributed by atoms with Crippen LogP contribution in [-0.2, 0) is 15.6 Å². The Morgan fingerprint density at radius 2 is 1.75 bits per heavy atom. The van der Waals surface area contributed by atoms with Crippen LogP contribution in [0.25, 0.3) is 0 Å². The van der Waals surface area contributed by atoms with E-state index in [9.17, 15) is 18.6 Å². The quantitative estimate of drug-likeness (QED) is 0.662. The lowest BCUT2D eigenvalue weighted by Crippen LogP contribution is -2.59. The number of aliphatic hydroxyl groups excluding tert-OH is 1. The molecule has 1 aromatic carbocycles. The number of rotatable bonds is 6. The molecule has 32 heavy (non-hydrogen) atoms. The maximum atomic E-state index is 13.2. The van der Waals surface area contributed by atoms with Gasteiger partial charge in [0.05, 0.1) is 17.7 Å². The number of sulfonamides is 1. The molecule has 4 rings (SSSR count). The number of piperazine rings is 1. The molecule has 0 unspecified atom stereocenters. The molecule has 7 nitrogen and oxygen atoms in total. The summed E-state index contributed by atoms with van der Waals surface area (Å²) >= 11 is 1.26. The van der Waals surface area contributed by atoms with Crippen molar-refractivity contribution in [2.45, 2.75) is 48.6 Å². The molecule has 3 heterocycles. The maximum absolute atomic E-state index is 13.2. The summed E-state index contributed by atoms with van der Waals surface area (Å²) in [5.74, 6) is 0. The molecular weight excluding hydrogens is 446 g/mol. The highest BCUT2D eigenvalue weighted by molar-refractivity contribution is 7.91. The molecule has 2 fully saturated rings. The molecule has 0 bridgehead atoms. The molecule has 2 aromatic rings. The van der Waals surface area contributed by atoms with E-state index in [-0.39, 0.29) is 12.1 Å². The lowest BCUT2D eigenvalue weighted by Gasteiger charge is -2.44. The third kappa shape index (κ3) is 5.18. The van der Waals surface area contributed by atoms with E-state index in [4.69, 9.17) is 0 Å². The molecule has 176 valence electrons. The maximum Gasteiger partial charge on any atom is 0.252 e. The summed E-state index contributed by atoms with van der Waals surface area (Å²) in [6, 6.07) is 11.4. The number of likely N-dealkylation sites (tertiary alicyclic amines) is 1. The Hall–Kier alpha value is -1.49. The normalized spacial score (nSPS) is 22.4. The van der Waals surface area contributed by atoms with E-state index >= 15 is 0 Å². The fraction of sp³-hybridized carbons (Fsp3) is 0.565. The van der Waals surface area contributed by atoms with Gasteiger partial charge in [-0.25, -0.2) is 8.42 Å². The summed E-state index contributed by atoms with van der Waals surface area (Å²) in [5, 5.41) is 21.9. The molecule has 0 saturated carbocycles. The molecule has 0 radical (unpaired) electrons. The van der Waals surface area contributed by atoms with Gasteiger partial charge in [0.2, 0.25) is 0 Å². The highest BCUT2D eigenvalue weighted by atomic mass is 32.2. The molecule has 2 N–H and O–H groups in total. The number of hydrogen-bond acceptors (Lipinski definition) is 7. The molecule has 0 aliphatic carbocycles. The molecule has 2 saturated heterocycles. The van der Waals surface area contributed by atoms with E-state index in [0.29, 0.717) is 23.8 Å². The van der Waals surface area contributed by atoms with Crippen molar-refractivity contribution in [3.05, 3.63) is 47.3 Å². The van der Waals surface area contributed by atoms with Crippen molar-refractivity contribution in [1.29, 1.82) is 0 Å². The number of aliphatic hydroxyl groups is 2. The fourth-order valence-electron chi connectivity index (χ4n) is 4.54. The van der Waals surface area contributed by atoms with Crippen LogP contribution < -0.4 is 4.90 Å². The van der Waals surface area contributed by atoms with Crippen LogP contribution >= 0.6 is 11.3 Å². The molecule has 9 heteroatoms. The number of thiophene rings is 1. The molecular formula is C23H33N3O4S2. The average Bonchev–Trinajstić information content (AvgIpc) is 3.31. The van der Waals surface area contributed by atoms with Crippen molar-refractivity contribution in [2.24, 2.45) is 0 Å². The lowest BCUT2D eigenvalue weighted by molar-refractivity contribution is 0.0767. The zero-order valence-electron chi connectivity index (χ0n) is 18.7. The van der Waals surface area contributed by atoms with Crippen molar-refractivity contribution in [3.8, 4) is 0 Å². The molecule has 0 amide bonds. The zero-order valence-corrected chi connectivity index (χ0v) is 20.4. The second kappa shape index (κ2) is 9.40. The number of piperidine rings is 1. The Kier molecular flexibility index (Phi) is 6.95. The van der Waals surface area contributed by atoms with Crippen LogP contribution in [0.4, 0.5) is 5.69 Å². The van der Waals surface area contributed by atoms with Crippen LogP contribution in [0.2, 0.25) is 0 Å². The standard InChI is InChI=1S/C23H33N3O4S2/c1-23(2,28)18-5-7-19(8-6-18)26-14-13-25(32(29,30)22-4-3-15-31-22)17-20(26)16-24-11-9-21(27)10-12-24/h3-8,15,20-21,27-28H,9-14,16-17H2,1-2H3/t20-/m0/s1. The molecule has 1 atom stereocenters. The third-order valence-electron chi connectivity index (χ3n) is 6.47. The van der Waals surface area contributed by atoms with Gasteiger partial charge in [0.1, 0.15) is 4.21 Å². The first-order chi connectivity index (χ1) is 15.1. The van der Waals surface area contributed by atoms with E-state index < -0.39 is 15.6 Å². The van der Waals surface area contributed by atoms with Gasteiger partial charge >= 0.3 is 0 Å². The number of nitrogens with zero attached hydrogens (tertiary/aromatic N) is 3. The Labute approximate surface area is 194 Å². The highest BCUT2D eigenvalue weighted by Gasteiger charge is 2.36. The van der Waals surface area contributed by atoms with Crippen molar-refractivity contribution < 1.29 is 18.6 Å². The second-order valence-electron chi connectivity index (χ2n) is 9.28. The van der Waals surface area contributed by atoms with Gasteiger partial charge in [0, 0.05) is 45.0 Å². The summed E-state index contributed by atoms with van der Waals surface area (Å²) in [5.41, 5.74) is 0.981. The summed E-state index contributed by atoms with van der Waals surface area (Å²) in [7, 11) is -3.50. The van der Waals surface area contributed by atoms with Crippen LogP contribution in [0.1, 0.15) is 32.3 Å². The predicted molar refractivity (Wildman–Crippen MR) is 128 cm³/mol. The Morgan fingerprint density at radius 3 is 2.34 bits per heavy atom. The fourth-order valence-corrected chi connectivity index (χ4v) is 7.15. The smallest absolute Gasteiger partial charge is 0.252 e. The molecule has 2 aliphatic heterocycles. The van der Waals surface area contributed by atoms with Crippen LogP contribution in [0.15, 0.2) is 46.0 Å². The highest BCUT2D eigenvalue weighted by Crippen LogP contribution is 2.29. The Bertz CT molecular complexity index is 979. The van der Waals surface area contributed by atoms with E-state index in [2.05, 4.69) is 9.80 Å². The predicted octanol–water partition coefficient (Wildman–Crippen LogP) is 2.31.